The zero-order valence-electron chi connectivity index (χ0n) is 44.7. The number of benzene rings is 10. The summed E-state index contributed by atoms with van der Waals surface area (Å²) in [4.78, 5) is 4.48. The van der Waals surface area contributed by atoms with Gasteiger partial charge in [0.1, 0.15) is 0 Å². The molecule has 3 nitrogen and oxygen atoms in total. The quantitative estimate of drug-likeness (QED) is 0.141. The normalized spacial score (nSPS) is 11.9. The summed E-state index contributed by atoms with van der Waals surface area (Å²) in [6, 6.07) is 59.8. The van der Waals surface area contributed by atoms with Crippen molar-refractivity contribution < 1.29 is 13.2 Å². The lowest BCUT2D eigenvalue weighted by molar-refractivity contribution is -0.137. The molecule has 0 bridgehead atoms. The standard InChI is InChI=1S/C71H56F3N3/c1-40-14-23-54(46(7)32-40)51-20-28-63-59(37-51)60-38-52(55-24-15-41(2)33-47(55)8)21-29-64(60)76(63)67-31-26-57(68-44(5)12-11-13-62(68)71(72,73)74)70(69(67)75-10)77-65-27-19-50(49-18-17-43(4)45(6)35-49)36-58(65)61-39-53(22-30-66(61)77)56-25-16-42(3)34-48(56)9/h11-39H,1-9H3. The van der Waals surface area contributed by atoms with Crippen LogP contribution in [0.4, 0.5) is 18.9 Å². The molecule has 0 spiro atoms. The van der Waals surface area contributed by atoms with Gasteiger partial charge in [-0.15, -0.1) is 0 Å². The number of hydrogen-bond acceptors (Lipinski definition) is 0. The van der Waals surface area contributed by atoms with Crippen LogP contribution in [0.5, 0.6) is 0 Å². The molecule has 0 aliphatic carbocycles. The maximum absolute atomic E-state index is 15.6. The van der Waals surface area contributed by atoms with Crippen LogP contribution in [-0.2, 0) is 6.18 Å². The Morgan fingerprint density at radius 2 is 0.779 bits per heavy atom. The SMILES string of the molecule is [C-]#[N+]c1c(-n2c3ccc(-c4ccc(C)cc4C)cc3c3cc(-c4ccc(C)cc4C)ccc32)ccc(-c2c(C)cccc2C(F)(F)F)c1-n1c2ccc(-c3ccc(C)c(C)c3)cc2c2cc(-c3ccc(C)cc3C)ccc21. The molecule has 77 heavy (non-hydrogen) atoms. The predicted octanol–water partition coefficient (Wildman–Crippen LogP) is 20.6. The smallest absolute Gasteiger partial charge is 0.319 e. The Morgan fingerprint density at radius 1 is 0.364 bits per heavy atom. The Labute approximate surface area is 448 Å². The van der Waals surface area contributed by atoms with Gasteiger partial charge in [-0.05, 0) is 212 Å². The fraction of sp³-hybridized carbons (Fsp3) is 0.141. The fourth-order valence-corrected chi connectivity index (χ4v) is 12.1. The topological polar surface area (TPSA) is 14.2 Å². The number of fused-ring (bicyclic) bond motifs is 6. The Kier molecular flexibility index (Phi) is 11.7. The van der Waals surface area contributed by atoms with Crippen LogP contribution < -0.4 is 0 Å². The van der Waals surface area contributed by atoms with Crippen LogP contribution >= 0.6 is 0 Å². The summed E-state index contributed by atoms with van der Waals surface area (Å²) in [5.74, 6) is 0. The van der Waals surface area contributed by atoms with Crippen LogP contribution in [0, 0.1) is 68.9 Å². The van der Waals surface area contributed by atoms with Crippen molar-refractivity contribution in [1.29, 1.82) is 0 Å². The summed E-state index contributed by atoms with van der Waals surface area (Å²) in [6.07, 6.45) is -4.69. The van der Waals surface area contributed by atoms with Crippen molar-refractivity contribution in [1.82, 2.24) is 9.13 Å². The van der Waals surface area contributed by atoms with Gasteiger partial charge in [-0.1, -0.05) is 132 Å². The maximum Gasteiger partial charge on any atom is 0.417 e. The highest BCUT2D eigenvalue weighted by atomic mass is 19.4. The number of aromatic nitrogens is 2. The summed E-state index contributed by atoms with van der Waals surface area (Å²) < 4.78 is 50.9. The zero-order valence-corrected chi connectivity index (χ0v) is 44.7. The third-order valence-corrected chi connectivity index (χ3v) is 16.0. The molecule has 0 fully saturated rings. The lowest BCUT2D eigenvalue weighted by Gasteiger charge is -2.23. The van der Waals surface area contributed by atoms with E-state index in [1.54, 1.807) is 13.0 Å². The van der Waals surface area contributed by atoms with Gasteiger partial charge in [0.05, 0.1) is 45.6 Å². The van der Waals surface area contributed by atoms with Crippen LogP contribution in [0.25, 0.3) is 115 Å². The van der Waals surface area contributed by atoms with E-state index in [1.165, 1.54) is 45.0 Å². The third kappa shape index (κ3) is 8.21. The number of hydrogen-bond donors (Lipinski definition) is 0. The molecule has 0 N–H and O–H groups in total. The van der Waals surface area contributed by atoms with Crippen LogP contribution in [0.15, 0.2) is 176 Å². The number of alkyl halides is 3. The molecule has 12 rings (SSSR count). The summed E-state index contributed by atoms with van der Waals surface area (Å²) in [5, 5.41) is 3.84. The van der Waals surface area contributed by atoms with Crippen molar-refractivity contribution in [2.24, 2.45) is 0 Å². The number of aryl methyl sites for hydroxylation is 9. The lowest BCUT2D eigenvalue weighted by atomic mass is 9.92. The van der Waals surface area contributed by atoms with Gasteiger partial charge in [0.2, 0.25) is 5.69 Å². The molecule has 10 aromatic carbocycles. The number of nitrogens with zero attached hydrogens (tertiary/aromatic N) is 3. The molecule has 12 aromatic rings. The first-order valence-corrected chi connectivity index (χ1v) is 26.2. The van der Waals surface area contributed by atoms with Gasteiger partial charge in [-0.2, -0.15) is 13.2 Å². The molecule has 0 atom stereocenters. The van der Waals surface area contributed by atoms with E-state index in [-0.39, 0.29) is 11.3 Å². The van der Waals surface area contributed by atoms with E-state index >= 15 is 13.2 Å². The van der Waals surface area contributed by atoms with E-state index in [1.807, 2.05) is 12.1 Å². The molecular weight excluding hydrogens is 952 g/mol. The second-order valence-corrected chi connectivity index (χ2v) is 21.3. The van der Waals surface area contributed by atoms with Gasteiger partial charge in [-0.25, -0.2) is 4.85 Å². The molecule has 0 amide bonds. The van der Waals surface area contributed by atoms with E-state index in [4.69, 9.17) is 0 Å². The maximum atomic E-state index is 15.6. The number of halogens is 3. The van der Waals surface area contributed by atoms with E-state index in [2.05, 4.69) is 215 Å². The average Bonchev–Trinajstić information content (AvgIpc) is 4.17. The minimum Gasteiger partial charge on any atom is -0.319 e. The van der Waals surface area contributed by atoms with E-state index in [0.29, 0.717) is 22.5 Å². The van der Waals surface area contributed by atoms with Crippen molar-refractivity contribution in [2.45, 2.75) is 68.5 Å². The highest BCUT2D eigenvalue weighted by Crippen LogP contribution is 2.50. The molecule has 0 aliphatic heterocycles. The molecule has 0 saturated heterocycles. The highest BCUT2D eigenvalue weighted by Gasteiger charge is 2.36. The first-order valence-electron chi connectivity index (χ1n) is 26.2. The number of rotatable bonds is 7. The van der Waals surface area contributed by atoms with E-state index in [0.717, 1.165) is 99.7 Å². The molecule has 0 radical (unpaired) electrons. The highest BCUT2D eigenvalue weighted by molar-refractivity contribution is 6.15. The van der Waals surface area contributed by atoms with Gasteiger partial charge in [0.15, 0.2) is 0 Å². The second-order valence-electron chi connectivity index (χ2n) is 21.3. The van der Waals surface area contributed by atoms with Gasteiger partial charge in [-0.3, -0.25) is 0 Å². The summed E-state index contributed by atoms with van der Waals surface area (Å²) >= 11 is 0. The monoisotopic (exact) mass is 1010 g/mol. The molecule has 2 heterocycles. The van der Waals surface area contributed by atoms with Gasteiger partial charge in [0.25, 0.3) is 0 Å². The first kappa shape index (κ1) is 49.0. The van der Waals surface area contributed by atoms with Crippen LogP contribution in [0.2, 0.25) is 0 Å². The van der Waals surface area contributed by atoms with Gasteiger partial charge >= 0.3 is 6.18 Å². The molecule has 0 unspecified atom stereocenters. The lowest BCUT2D eigenvalue weighted by Crippen LogP contribution is -2.10. The minimum absolute atomic E-state index is 0.0403. The largest absolute Gasteiger partial charge is 0.417 e. The Bertz CT molecular complexity index is 4390. The first-order chi connectivity index (χ1) is 37.0. The fourth-order valence-electron chi connectivity index (χ4n) is 12.1. The molecule has 0 saturated carbocycles. The Morgan fingerprint density at radius 3 is 1.22 bits per heavy atom. The van der Waals surface area contributed by atoms with Gasteiger partial charge < -0.3 is 9.13 Å². The Hall–Kier alpha value is -8.92. The van der Waals surface area contributed by atoms with E-state index in [9.17, 15) is 6.57 Å². The summed E-state index contributed by atoms with van der Waals surface area (Å²) in [6.45, 7) is 28.0. The summed E-state index contributed by atoms with van der Waals surface area (Å²) in [7, 11) is 0. The molecular formula is C71H56F3N3. The minimum atomic E-state index is -4.69. The molecule has 6 heteroatoms. The van der Waals surface area contributed by atoms with Crippen molar-refractivity contribution in [3.05, 3.63) is 243 Å². The third-order valence-electron chi connectivity index (χ3n) is 16.0. The van der Waals surface area contributed by atoms with Crippen LogP contribution in [-0.4, -0.2) is 9.13 Å². The second kappa shape index (κ2) is 18.4. The molecule has 376 valence electrons. The van der Waals surface area contributed by atoms with Crippen LogP contribution in [0.3, 0.4) is 0 Å². The van der Waals surface area contributed by atoms with Crippen molar-refractivity contribution in [3.63, 3.8) is 0 Å². The van der Waals surface area contributed by atoms with E-state index < -0.39 is 11.7 Å². The molecule has 0 aliphatic rings. The summed E-state index contributed by atoms with van der Waals surface area (Å²) in [5.41, 5.74) is 22.5. The predicted molar refractivity (Wildman–Crippen MR) is 316 cm³/mol. The zero-order chi connectivity index (χ0) is 53.8. The molecule has 2 aromatic heterocycles. The average molecular weight is 1010 g/mol. The van der Waals surface area contributed by atoms with Crippen molar-refractivity contribution in [2.75, 3.05) is 0 Å². The van der Waals surface area contributed by atoms with Crippen molar-refractivity contribution >= 4 is 49.3 Å². The Balaban J connectivity index is 1.21. The van der Waals surface area contributed by atoms with Crippen LogP contribution in [0.1, 0.15) is 55.6 Å². The van der Waals surface area contributed by atoms with Gasteiger partial charge in [0, 0.05) is 21.5 Å². The van der Waals surface area contributed by atoms with Crippen molar-refractivity contribution in [3.8, 4) is 67.0 Å².